The third-order valence-electron chi connectivity index (χ3n) is 3.17. The molecule has 1 aromatic heterocycles. The standard InChI is InChI=1S/C12H18N4O2/c1-9-2-6-16(7-3-9)12-11(13-4-5-14-12)15-8-10(17)18/h4-5,9H,2-3,6-8H2,1H3,(H,13,15)(H,17,18). The van der Waals surface area contributed by atoms with Crippen LogP contribution in [0.25, 0.3) is 0 Å². The molecule has 0 bridgehead atoms. The van der Waals surface area contributed by atoms with Gasteiger partial charge in [0.05, 0.1) is 0 Å². The van der Waals surface area contributed by atoms with E-state index >= 15 is 0 Å². The summed E-state index contributed by atoms with van der Waals surface area (Å²) in [6.45, 7) is 4.00. The number of hydrogen-bond acceptors (Lipinski definition) is 5. The molecule has 18 heavy (non-hydrogen) atoms. The van der Waals surface area contributed by atoms with E-state index in [1.54, 1.807) is 12.4 Å². The van der Waals surface area contributed by atoms with Crippen molar-refractivity contribution in [3.05, 3.63) is 12.4 Å². The van der Waals surface area contributed by atoms with Crippen LogP contribution in [-0.4, -0.2) is 40.7 Å². The van der Waals surface area contributed by atoms with Crippen LogP contribution in [0.3, 0.4) is 0 Å². The Balaban J connectivity index is 2.09. The molecule has 98 valence electrons. The van der Waals surface area contributed by atoms with Gasteiger partial charge in [0.25, 0.3) is 0 Å². The van der Waals surface area contributed by atoms with Crippen molar-refractivity contribution in [1.82, 2.24) is 9.97 Å². The Hall–Kier alpha value is -1.85. The van der Waals surface area contributed by atoms with Crippen LogP contribution in [0.15, 0.2) is 12.4 Å². The van der Waals surface area contributed by atoms with Crippen LogP contribution in [0.5, 0.6) is 0 Å². The monoisotopic (exact) mass is 250 g/mol. The lowest BCUT2D eigenvalue weighted by Gasteiger charge is -2.31. The van der Waals surface area contributed by atoms with Gasteiger partial charge in [-0.2, -0.15) is 0 Å². The minimum absolute atomic E-state index is 0.143. The molecule has 2 rings (SSSR count). The molecule has 0 aliphatic carbocycles. The van der Waals surface area contributed by atoms with Gasteiger partial charge in [-0.05, 0) is 18.8 Å². The second kappa shape index (κ2) is 5.66. The molecule has 0 spiro atoms. The molecule has 0 atom stereocenters. The van der Waals surface area contributed by atoms with E-state index < -0.39 is 5.97 Å². The number of anilines is 2. The predicted octanol–water partition coefficient (Wildman–Crippen LogP) is 1.21. The first-order valence-electron chi connectivity index (χ1n) is 6.18. The van der Waals surface area contributed by atoms with E-state index in [4.69, 9.17) is 5.11 Å². The summed E-state index contributed by atoms with van der Waals surface area (Å²) in [5.41, 5.74) is 0. The van der Waals surface area contributed by atoms with Crippen molar-refractivity contribution in [2.75, 3.05) is 29.9 Å². The van der Waals surface area contributed by atoms with Gasteiger partial charge in [-0.1, -0.05) is 6.92 Å². The lowest BCUT2D eigenvalue weighted by Crippen LogP contribution is -2.34. The van der Waals surface area contributed by atoms with Crippen LogP contribution in [0.1, 0.15) is 19.8 Å². The largest absolute Gasteiger partial charge is 0.480 e. The van der Waals surface area contributed by atoms with Gasteiger partial charge >= 0.3 is 5.97 Å². The predicted molar refractivity (Wildman–Crippen MR) is 68.8 cm³/mol. The zero-order valence-electron chi connectivity index (χ0n) is 10.5. The SMILES string of the molecule is CC1CCN(c2nccnc2NCC(=O)O)CC1. The van der Waals surface area contributed by atoms with Crippen molar-refractivity contribution in [3.63, 3.8) is 0 Å². The lowest BCUT2D eigenvalue weighted by atomic mass is 9.99. The van der Waals surface area contributed by atoms with E-state index in [2.05, 4.69) is 27.1 Å². The molecular weight excluding hydrogens is 232 g/mol. The Bertz CT molecular complexity index is 416. The summed E-state index contributed by atoms with van der Waals surface area (Å²) in [7, 11) is 0. The van der Waals surface area contributed by atoms with Gasteiger partial charge in [-0.15, -0.1) is 0 Å². The fourth-order valence-electron chi connectivity index (χ4n) is 2.07. The summed E-state index contributed by atoms with van der Waals surface area (Å²) >= 11 is 0. The highest BCUT2D eigenvalue weighted by Gasteiger charge is 2.20. The molecule has 0 saturated carbocycles. The van der Waals surface area contributed by atoms with Gasteiger partial charge in [0.15, 0.2) is 11.6 Å². The molecule has 6 nitrogen and oxygen atoms in total. The molecule has 1 aliphatic rings. The molecule has 1 aliphatic heterocycles. The van der Waals surface area contributed by atoms with Gasteiger partial charge < -0.3 is 15.3 Å². The number of carboxylic acid groups (broad SMARTS) is 1. The van der Waals surface area contributed by atoms with Gasteiger partial charge in [0, 0.05) is 25.5 Å². The quantitative estimate of drug-likeness (QED) is 0.836. The zero-order chi connectivity index (χ0) is 13.0. The minimum atomic E-state index is -0.904. The first-order valence-corrected chi connectivity index (χ1v) is 6.18. The Kier molecular flexibility index (Phi) is 3.96. The van der Waals surface area contributed by atoms with E-state index in [1.165, 1.54) is 0 Å². The molecule has 0 aromatic carbocycles. The van der Waals surface area contributed by atoms with E-state index in [0.29, 0.717) is 5.82 Å². The third kappa shape index (κ3) is 3.09. The summed E-state index contributed by atoms with van der Waals surface area (Å²) in [5.74, 6) is 1.15. The first kappa shape index (κ1) is 12.6. The van der Waals surface area contributed by atoms with E-state index in [-0.39, 0.29) is 6.54 Å². The van der Waals surface area contributed by atoms with Crippen LogP contribution >= 0.6 is 0 Å². The maximum Gasteiger partial charge on any atom is 0.322 e. The number of nitrogens with zero attached hydrogens (tertiary/aromatic N) is 3. The zero-order valence-corrected chi connectivity index (χ0v) is 10.5. The Morgan fingerprint density at radius 3 is 2.78 bits per heavy atom. The Labute approximate surface area is 106 Å². The molecule has 0 radical (unpaired) electrons. The molecule has 1 fully saturated rings. The van der Waals surface area contributed by atoms with E-state index in [9.17, 15) is 4.79 Å². The average Bonchev–Trinajstić information content (AvgIpc) is 2.38. The summed E-state index contributed by atoms with van der Waals surface area (Å²) in [4.78, 5) is 21.2. The molecule has 1 aromatic rings. The van der Waals surface area contributed by atoms with Crippen LogP contribution < -0.4 is 10.2 Å². The highest BCUT2D eigenvalue weighted by Crippen LogP contribution is 2.25. The summed E-state index contributed by atoms with van der Waals surface area (Å²) in [5, 5.41) is 11.5. The number of nitrogens with one attached hydrogen (secondary N) is 1. The summed E-state index contributed by atoms with van der Waals surface area (Å²) in [6.07, 6.45) is 5.48. The number of piperidine rings is 1. The number of carbonyl (C=O) groups is 1. The van der Waals surface area contributed by atoms with Gasteiger partial charge in [-0.25, -0.2) is 9.97 Å². The molecular formula is C12H18N4O2. The highest BCUT2D eigenvalue weighted by molar-refractivity contribution is 5.74. The van der Waals surface area contributed by atoms with Crippen molar-refractivity contribution in [2.24, 2.45) is 5.92 Å². The highest BCUT2D eigenvalue weighted by atomic mass is 16.4. The maximum absolute atomic E-state index is 10.6. The fourth-order valence-corrected chi connectivity index (χ4v) is 2.07. The van der Waals surface area contributed by atoms with Crippen molar-refractivity contribution >= 4 is 17.6 Å². The molecule has 0 amide bonds. The van der Waals surface area contributed by atoms with Crippen LogP contribution in [0.2, 0.25) is 0 Å². The van der Waals surface area contributed by atoms with Crippen LogP contribution in [0.4, 0.5) is 11.6 Å². The van der Waals surface area contributed by atoms with Gasteiger partial charge in [0.1, 0.15) is 6.54 Å². The Morgan fingerprint density at radius 1 is 1.44 bits per heavy atom. The smallest absolute Gasteiger partial charge is 0.322 e. The summed E-state index contributed by atoms with van der Waals surface area (Å²) < 4.78 is 0. The molecule has 2 heterocycles. The van der Waals surface area contributed by atoms with Crippen LogP contribution in [0, 0.1) is 5.92 Å². The number of aromatic nitrogens is 2. The van der Waals surface area contributed by atoms with Gasteiger partial charge in [0.2, 0.25) is 0 Å². The maximum atomic E-state index is 10.6. The minimum Gasteiger partial charge on any atom is -0.480 e. The lowest BCUT2D eigenvalue weighted by molar-refractivity contribution is -0.134. The first-order chi connectivity index (χ1) is 8.66. The van der Waals surface area contributed by atoms with E-state index in [0.717, 1.165) is 37.7 Å². The topological polar surface area (TPSA) is 78.4 Å². The normalized spacial score (nSPS) is 16.6. The van der Waals surface area contributed by atoms with E-state index in [1.807, 2.05) is 0 Å². The second-order valence-electron chi connectivity index (χ2n) is 4.65. The average molecular weight is 250 g/mol. The number of hydrogen-bond donors (Lipinski definition) is 2. The van der Waals surface area contributed by atoms with Gasteiger partial charge in [-0.3, -0.25) is 4.79 Å². The third-order valence-corrected chi connectivity index (χ3v) is 3.17. The van der Waals surface area contributed by atoms with Crippen LogP contribution in [-0.2, 0) is 4.79 Å². The number of carboxylic acids is 1. The molecule has 0 unspecified atom stereocenters. The molecule has 1 saturated heterocycles. The van der Waals surface area contributed by atoms with Crippen molar-refractivity contribution in [2.45, 2.75) is 19.8 Å². The Morgan fingerprint density at radius 2 is 2.11 bits per heavy atom. The number of rotatable bonds is 4. The number of aliphatic carboxylic acids is 1. The van der Waals surface area contributed by atoms with Crippen molar-refractivity contribution in [3.8, 4) is 0 Å². The second-order valence-corrected chi connectivity index (χ2v) is 4.65. The summed E-state index contributed by atoms with van der Waals surface area (Å²) in [6, 6.07) is 0. The fraction of sp³-hybridized carbons (Fsp3) is 0.583. The molecule has 2 N–H and O–H groups in total. The van der Waals surface area contributed by atoms with Crippen molar-refractivity contribution < 1.29 is 9.90 Å². The molecule has 6 heteroatoms. The van der Waals surface area contributed by atoms with Crippen molar-refractivity contribution in [1.29, 1.82) is 0 Å².